The monoisotopic (exact) mass is 669 g/mol. The lowest BCUT2D eigenvalue weighted by atomic mass is 10.0. The van der Waals surface area contributed by atoms with Gasteiger partial charge in [-0.05, 0) is 62.0 Å². The van der Waals surface area contributed by atoms with E-state index in [1.165, 1.54) is 6.07 Å². The minimum absolute atomic E-state index is 0.0853. The fourth-order valence-electron chi connectivity index (χ4n) is 5.45. The summed E-state index contributed by atoms with van der Waals surface area (Å²) >= 11 is 0. The van der Waals surface area contributed by atoms with Crippen molar-refractivity contribution in [3.05, 3.63) is 83.4 Å². The molecule has 13 heteroatoms. The molecule has 3 aromatic carbocycles. The molecule has 5 N–H and O–H groups in total. The predicted octanol–water partition coefficient (Wildman–Crippen LogP) is 5.08. The van der Waals surface area contributed by atoms with Gasteiger partial charge in [-0.2, -0.15) is 13.2 Å². The first-order chi connectivity index (χ1) is 22.7. The number of fused-ring (bicyclic) bond motifs is 1. The number of rotatable bonds is 11. The van der Waals surface area contributed by atoms with E-state index in [4.69, 9.17) is 10.5 Å². The van der Waals surface area contributed by atoms with E-state index in [0.717, 1.165) is 5.56 Å². The number of hydrogen-bond acceptors (Lipinski definition) is 7. The Kier molecular flexibility index (Phi) is 12.1. The molecule has 0 aromatic heterocycles. The Morgan fingerprint density at radius 2 is 1.81 bits per heavy atom. The molecular formula is C35H42F3N5O5. The third-order valence-corrected chi connectivity index (χ3v) is 8.21. The lowest BCUT2D eigenvalue weighted by molar-refractivity contribution is -0.142. The quantitative estimate of drug-likeness (QED) is 0.209. The zero-order valence-electron chi connectivity index (χ0n) is 27.2. The smallest absolute Gasteiger partial charge is 0.389 e. The fraction of sp³-hybridized carbons (Fsp3) is 0.400. The summed E-state index contributed by atoms with van der Waals surface area (Å²) in [5, 5.41) is 15.2. The molecule has 258 valence electrons. The number of aliphatic hydroxyl groups excluding tert-OH is 1. The van der Waals surface area contributed by atoms with Crippen LogP contribution >= 0.6 is 0 Å². The normalized spacial score (nSPS) is 17.4. The molecule has 0 saturated heterocycles. The van der Waals surface area contributed by atoms with Crippen LogP contribution in [0, 0.1) is 5.92 Å². The molecular weight excluding hydrogens is 627 g/mol. The number of nitrogen functional groups attached to an aromatic ring is 1. The molecule has 0 radical (unpaired) electrons. The van der Waals surface area contributed by atoms with E-state index in [2.05, 4.69) is 15.5 Å². The Morgan fingerprint density at radius 1 is 1.10 bits per heavy atom. The second-order valence-corrected chi connectivity index (χ2v) is 12.3. The highest BCUT2D eigenvalue weighted by molar-refractivity contribution is 6.05. The van der Waals surface area contributed by atoms with Crippen LogP contribution in [-0.4, -0.2) is 77.7 Å². The van der Waals surface area contributed by atoms with Gasteiger partial charge in [0, 0.05) is 48.8 Å². The first kappa shape index (κ1) is 36.2. The van der Waals surface area contributed by atoms with Crippen LogP contribution in [-0.2, 0) is 22.6 Å². The second kappa shape index (κ2) is 16.0. The Morgan fingerprint density at radius 3 is 2.48 bits per heavy atom. The summed E-state index contributed by atoms with van der Waals surface area (Å²) in [5.74, 6) is -1.05. The van der Waals surface area contributed by atoms with Gasteiger partial charge in [0.2, 0.25) is 11.8 Å². The molecule has 0 spiro atoms. The van der Waals surface area contributed by atoms with Crippen LogP contribution in [0.25, 0.3) is 0 Å². The number of hydrogen-bond donors (Lipinski definition) is 4. The number of ether oxygens (including phenoxy) is 1. The van der Waals surface area contributed by atoms with Crippen molar-refractivity contribution in [2.24, 2.45) is 5.92 Å². The number of alkyl halides is 3. The number of anilines is 3. The lowest BCUT2D eigenvalue weighted by Gasteiger charge is -2.34. The summed E-state index contributed by atoms with van der Waals surface area (Å²) in [4.78, 5) is 42.0. The molecule has 3 aromatic rings. The first-order valence-electron chi connectivity index (χ1n) is 15.7. The van der Waals surface area contributed by atoms with Crippen molar-refractivity contribution >= 4 is 34.8 Å². The van der Waals surface area contributed by atoms with Gasteiger partial charge in [-0.25, -0.2) is 0 Å². The highest BCUT2D eigenvalue weighted by atomic mass is 19.4. The first-order valence-corrected chi connectivity index (χ1v) is 15.7. The number of para-hydroxylation sites is 2. The number of aliphatic hydroxyl groups is 1. The van der Waals surface area contributed by atoms with Crippen LogP contribution in [0.3, 0.4) is 0 Å². The zero-order chi connectivity index (χ0) is 35.0. The molecule has 3 amide bonds. The van der Waals surface area contributed by atoms with Crippen LogP contribution in [0.15, 0.2) is 66.7 Å². The van der Waals surface area contributed by atoms with Crippen LogP contribution < -0.4 is 21.1 Å². The SMILES string of the molecule is C[C@@H]1CN([C@@H](C)CO)C(=O)Cc2cc(NC(=O)CCC(F)(F)F)ccc2O[C@@H]1CN(C)Cc1ccc(C(=O)Nc2ccccc2N)cc1. The number of benzene rings is 3. The summed E-state index contributed by atoms with van der Waals surface area (Å²) < 4.78 is 44.3. The largest absolute Gasteiger partial charge is 0.488 e. The minimum atomic E-state index is -4.45. The second-order valence-electron chi connectivity index (χ2n) is 12.3. The number of carbonyl (C=O) groups excluding carboxylic acids is 3. The van der Waals surface area contributed by atoms with Gasteiger partial charge in [0.25, 0.3) is 5.91 Å². The van der Waals surface area contributed by atoms with Gasteiger partial charge in [0.1, 0.15) is 11.9 Å². The van der Waals surface area contributed by atoms with E-state index in [-0.39, 0.29) is 36.4 Å². The summed E-state index contributed by atoms with van der Waals surface area (Å²) in [6.07, 6.45) is -6.90. The van der Waals surface area contributed by atoms with Crippen molar-refractivity contribution in [2.45, 2.75) is 58.0 Å². The summed E-state index contributed by atoms with van der Waals surface area (Å²) in [5.41, 5.74) is 9.11. The molecule has 48 heavy (non-hydrogen) atoms. The van der Waals surface area contributed by atoms with Crippen molar-refractivity contribution < 1.29 is 37.4 Å². The van der Waals surface area contributed by atoms with Gasteiger partial charge in [0.05, 0.1) is 36.9 Å². The molecule has 3 atom stereocenters. The fourth-order valence-corrected chi connectivity index (χ4v) is 5.45. The van der Waals surface area contributed by atoms with Crippen molar-refractivity contribution in [3.63, 3.8) is 0 Å². The number of halogens is 3. The van der Waals surface area contributed by atoms with Crippen LogP contribution in [0.4, 0.5) is 30.2 Å². The van der Waals surface area contributed by atoms with Gasteiger partial charge in [-0.1, -0.05) is 31.2 Å². The van der Waals surface area contributed by atoms with Gasteiger partial charge in [-0.15, -0.1) is 0 Å². The molecule has 0 aliphatic carbocycles. The van der Waals surface area contributed by atoms with Crippen molar-refractivity contribution in [1.82, 2.24) is 9.80 Å². The van der Waals surface area contributed by atoms with Crippen molar-refractivity contribution in [3.8, 4) is 5.75 Å². The maximum atomic E-state index is 13.4. The Bertz CT molecular complexity index is 1580. The average Bonchev–Trinajstić information content (AvgIpc) is 3.08. The number of nitrogens with two attached hydrogens (primary N) is 1. The van der Waals surface area contributed by atoms with Gasteiger partial charge < -0.3 is 31.1 Å². The number of amides is 3. The Balaban J connectivity index is 1.48. The van der Waals surface area contributed by atoms with E-state index in [1.54, 1.807) is 60.4 Å². The summed E-state index contributed by atoms with van der Waals surface area (Å²) in [6.45, 7) is 4.80. The molecule has 4 rings (SSSR count). The van der Waals surface area contributed by atoms with E-state index >= 15 is 0 Å². The van der Waals surface area contributed by atoms with Gasteiger partial charge >= 0.3 is 6.18 Å². The van der Waals surface area contributed by atoms with E-state index < -0.39 is 37.1 Å². The summed E-state index contributed by atoms with van der Waals surface area (Å²) in [7, 11) is 1.93. The van der Waals surface area contributed by atoms with Crippen molar-refractivity contribution in [1.29, 1.82) is 0 Å². The summed E-state index contributed by atoms with van der Waals surface area (Å²) in [6, 6.07) is 18.5. The highest BCUT2D eigenvalue weighted by Crippen LogP contribution is 2.30. The van der Waals surface area contributed by atoms with E-state index in [9.17, 15) is 32.7 Å². The van der Waals surface area contributed by atoms with E-state index in [0.29, 0.717) is 47.9 Å². The lowest BCUT2D eigenvalue weighted by Crippen LogP contribution is -2.47. The maximum Gasteiger partial charge on any atom is 0.389 e. The van der Waals surface area contributed by atoms with Gasteiger partial charge in [0.15, 0.2) is 0 Å². The predicted molar refractivity (Wildman–Crippen MR) is 177 cm³/mol. The topological polar surface area (TPSA) is 137 Å². The van der Waals surface area contributed by atoms with Crippen LogP contribution in [0.1, 0.15) is 48.2 Å². The number of likely N-dealkylation sites (N-methyl/N-ethyl adjacent to an activating group) is 1. The van der Waals surface area contributed by atoms with Crippen LogP contribution in [0.5, 0.6) is 5.75 Å². The Labute approximate surface area is 278 Å². The average molecular weight is 670 g/mol. The molecule has 1 aliphatic heterocycles. The number of nitrogens with zero attached hydrogens (tertiary/aromatic N) is 2. The third kappa shape index (κ3) is 10.2. The molecule has 0 fully saturated rings. The third-order valence-electron chi connectivity index (χ3n) is 8.21. The Hall–Kier alpha value is -4.62. The molecule has 0 bridgehead atoms. The maximum absolute atomic E-state index is 13.4. The minimum Gasteiger partial charge on any atom is -0.488 e. The number of nitrogens with one attached hydrogen (secondary N) is 2. The number of carbonyl (C=O) groups is 3. The van der Waals surface area contributed by atoms with Gasteiger partial charge in [-0.3, -0.25) is 19.3 Å². The molecule has 0 saturated carbocycles. The van der Waals surface area contributed by atoms with E-state index in [1.807, 2.05) is 26.1 Å². The molecule has 1 aliphatic rings. The molecule has 10 nitrogen and oxygen atoms in total. The highest BCUT2D eigenvalue weighted by Gasteiger charge is 2.32. The van der Waals surface area contributed by atoms with Crippen LogP contribution in [0.2, 0.25) is 0 Å². The van der Waals surface area contributed by atoms with Crippen molar-refractivity contribution in [2.75, 3.05) is 43.1 Å². The zero-order valence-corrected chi connectivity index (χ0v) is 27.2. The molecule has 1 heterocycles. The standard InChI is InChI=1S/C35H42F3N5O5/c1-22-18-43(23(2)21-44)33(46)17-26-16-27(40-32(45)14-15-35(36,37)38)12-13-30(26)48-31(22)20-42(3)19-24-8-10-25(11-9-24)34(47)41-29-7-5-4-6-28(29)39/h4-13,16,22-23,31,44H,14-15,17-21,39H2,1-3H3,(H,40,45)(H,41,47)/t22-,23+,31-/m1/s1. The molecule has 0 unspecified atom stereocenters.